The fourth-order valence-corrected chi connectivity index (χ4v) is 3.18. The zero-order valence-electron chi connectivity index (χ0n) is 16.7. The van der Waals surface area contributed by atoms with Gasteiger partial charge >= 0.3 is 0 Å². The smallest absolute Gasteiger partial charge is 0.116 e. The lowest BCUT2D eigenvalue weighted by Crippen LogP contribution is -2.44. The van der Waals surface area contributed by atoms with Gasteiger partial charge in [-0.15, -0.1) is 0 Å². The van der Waals surface area contributed by atoms with Crippen molar-refractivity contribution in [1.82, 2.24) is 5.32 Å². The van der Waals surface area contributed by atoms with Crippen LogP contribution < -0.4 is 5.32 Å². The molecule has 2 unspecified atom stereocenters. The minimum absolute atomic E-state index is 0.415. The molecule has 0 saturated heterocycles. The van der Waals surface area contributed by atoms with Gasteiger partial charge in [0.15, 0.2) is 0 Å². The molecule has 0 aromatic rings. The zero-order chi connectivity index (χ0) is 19.3. The normalized spacial score (nSPS) is 18.5. The fraction of sp³-hybridized carbons (Fsp3) is 0.700. The summed E-state index contributed by atoms with van der Waals surface area (Å²) in [6, 6.07) is 2.58. The second-order valence-electron chi connectivity index (χ2n) is 6.05. The van der Waals surface area contributed by atoms with Crippen molar-refractivity contribution < 1.29 is 4.74 Å². The Hall–Kier alpha value is -0.960. The number of allylic oxidation sites excluding steroid dienone is 3. The summed E-state index contributed by atoms with van der Waals surface area (Å²) in [6.07, 6.45) is 9.81. The summed E-state index contributed by atoms with van der Waals surface area (Å²) in [5.74, 6) is 0. The predicted molar refractivity (Wildman–Crippen MR) is 111 cm³/mol. The fourth-order valence-electron chi connectivity index (χ4n) is 2.89. The second-order valence-corrected chi connectivity index (χ2v) is 6.97. The van der Waals surface area contributed by atoms with Crippen LogP contribution in [0.2, 0.25) is 0 Å². The van der Waals surface area contributed by atoms with Crippen LogP contribution in [-0.4, -0.2) is 25.1 Å². The molecule has 5 heteroatoms. The Morgan fingerprint density at radius 2 is 2.00 bits per heavy atom. The van der Waals surface area contributed by atoms with E-state index < -0.39 is 11.1 Å². The van der Waals surface area contributed by atoms with Crippen molar-refractivity contribution in [3.63, 3.8) is 0 Å². The van der Waals surface area contributed by atoms with Crippen molar-refractivity contribution in [1.29, 1.82) is 5.26 Å². The van der Waals surface area contributed by atoms with Gasteiger partial charge in [0, 0.05) is 29.4 Å². The third kappa shape index (κ3) is 7.43. The molecule has 1 rings (SSSR count). The van der Waals surface area contributed by atoms with Gasteiger partial charge in [-0.05, 0) is 56.1 Å². The van der Waals surface area contributed by atoms with Crippen LogP contribution in [0.4, 0.5) is 0 Å². The molecule has 0 fully saturated rings. The second kappa shape index (κ2) is 12.4. The first-order chi connectivity index (χ1) is 11.9. The summed E-state index contributed by atoms with van der Waals surface area (Å²) in [5.41, 5.74) is -0.00704. The third-order valence-corrected chi connectivity index (χ3v) is 4.86. The van der Waals surface area contributed by atoms with Crippen molar-refractivity contribution in [3.8, 4) is 6.07 Å². The quantitative estimate of drug-likeness (QED) is 0.494. The number of nitrogens with one attached hydrogen (secondary N) is 1. The van der Waals surface area contributed by atoms with Gasteiger partial charge in [-0.3, -0.25) is 10.3 Å². The molecule has 0 saturated carbocycles. The lowest BCUT2D eigenvalue weighted by Gasteiger charge is -2.34. The minimum atomic E-state index is -0.539. The lowest BCUT2D eigenvalue weighted by atomic mass is 9.74. The van der Waals surface area contributed by atoms with Gasteiger partial charge in [-0.25, -0.2) is 0 Å². The van der Waals surface area contributed by atoms with E-state index in [1.165, 1.54) is 0 Å². The van der Waals surface area contributed by atoms with E-state index in [4.69, 9.17) is 4.74 Å². The van der Waals surface area contributed by atoms with Gasteiger partial charge < -0.3 is 4.74 Å². The Labute approximate surface area is 162 Å². The molecule has 0 amide bonds. The van der Waals surface area contributed by atoms with Crippen LogP contribution in [0.3, 0.4) is 0 Å². The van der Waals surface area contributed by atoms with E-state index in [0.717, 1.165) is 35.9 Å². The highest BCUT2D eigenvalue weighted by molar-refractivity contribution is 9.11. The summed E-state index contributed by atoms with van der Waals surface area (Å²) in [7, 11) is 1.90. The van der Waals surface area contributed by atoms with Gasteiger partial charge in [0.05, 0.1) is 11.5 Å². The van der Waals surface area contributed by atoms with Gasteiger partial charge in [-0.2, -0.15) is 5.26 Å². The Balaban J connectivity index is 0.00000277. The summed E-state index contributed by atoms with van der Waals surface area (Å²) in [6.45, 7) is 10.8. The molecule has 1 aliphatic heterocycles. The van der Waals surface area contributed by atoms with Crippen molar-refractivity contribution in [2.24, 2.45) is 10.4 Å². The van der Waals surface area contributed by atoms with E-state index >= 15 is 0 Å². The highest BCUT2D eigenvalue weighted by Crippen LogP contribution is 2.36. The molecule has 25 heavy (non-hydrogen) atoms. The van der Waals surface area contributed by atoms with Crippen molar-refractivity contribution >= 4 is 21.6 Å². The maximum atomic E-state index is 9.97. The van der Waals surface area contributed by atoms with E-state index in [2.05, 4.69) is 45.3 Å². The van der Waals surface area contributed by atoms with E-state index in [9.17, 15) is 5.26 Å². The molecule has 0 aromatic heterocycles. The van der Waals surface area contributed by atoms with E-state index in [1.807, 2.05) is 40.8 Å². The van der Waals surface area contributed by atoms with Crippen LogP contribution in [0.5, 0.6) is 0 Å². The maximum Gasteiger partial charge on any atom is 0.116 e. The molecule has 1 aliphatic rings. The summed E-state index contributed by atoms with van der Waals surface area (Å²) < 4.78 is 6.77. The Morgan fingerprint density at radius 3 is 2.52 bits per heavy atom. The van der Waals surface area contributed by atoms with E-state index in [-0.39, 0.29) is 0 Å². The molecule has 0 spiro atoms. The highest BCUT2D eigenvalue weighted by Gasteiger charge is 2.37. The largest absolute Gasteiger partial charge is 0.361 e. The molecular formula is C20H34BrN3O. The van der Waals surface area contributed by atoms with Crippen LogP contribution in [0.25, 0.3) is 0 Å². The number of ether oxygens (including phenoxy) is 1. The first-order valence-corrected chi connectivity index (χ1v) is 10.1. The van der Waals surface area contributed by atoms with Gasteiger partial charge in [0.25, 0.3) is 0 Å². The minimum Gasteiger partial charge on any atom is -0.361 e. The standard InChI is InChI=1S/C18H28BrN3O.C2H6/c1-5-10-18(14-20,12-11-17(3,21-4)23-6-2)16-9-7-8-15(19)13-22-16;1-2/h7-8,13,21H,5-6,9-12H2,1-4H3;1-2H3. The molecule has 1 heterocycles. The molecule has 4 nitrogen and oxygen atoms in total. The van der Waals surface area contributed by atoms with E-state index in [1.54, 1.807) is 6.20 Å². The number of halogens is 1. The lowest BCUT2D eigenvalue weighted by molar-refractivity contribution is -0.0558. The summed E-state index contributed by atoms with van der Waals surface area (Å²) in [5, 5.41) is 13.2. The van der Waals surface area contributed by atoms with Crippen LogP contribution >= 0.6 is 15.9 Å². The summed E-state index contributed by atoms with van der Waals surface area (Å²) >= 11 is 3.45. The zero-order valence-corrected chi connectivity index (χ0v) is 18.2. The van der Waals surface area contributed by atoms with Crippen molar-refractivity contribution in [2.45, 2.75) is 72.4 Å². The average Bonchev–Trinajstić information content (AvgIpc) is 2.86. The number of aliphatic imine (C=N–C) groups is 1. The number of nitrogens with zero attached hydrogens (tertiary/aromatic N) is 2. The van der Waals surface area contributed by atoms with Crippen LogP contribution in [0.15, 0.2) is 27.8 Å². The molecule has 0 bridgehead atoms. The number of nitriles is 1. The SMILES string of the molecule is CC.CCCC(C#N)(CCC(C)(NC)OCC)C1=NC=C(Br)C=CC1. The third-order valence-electron chi connectivity index (χ3n) is 4.40. The first-order valence-electron chi connectivity index (χ1n) is 9.28. The van der Waals surface area contributed by atoms with Crippen LogP contribution in [-0.2, 0) is 4.74 Å². The Kier molecular flexibility index (Phi) is 11.9. The van der Waals surface area contributed by atoms with Gasteiger partial charge in [0.1, 0.15) is 5.72 Å². The number of rotatable bonds is 9. The molecule has 2 atom stereocenters. The predicted octanol–water partition coefficient (Wildman–Crippen LogP) is 5.71. The van der Waals surface area contributed by atoms with Gasteiger partial charge in [-0.1, -0.05) is 39.3 Å². The van der Waals surface area contributed by atoms with Crippen molar-refractivity contribution in [3.05, 3.63) is 22.8 Å². The van der Waals surface area contributed by atoms with Crippen molar-refractivity contribution in [2.75, 3.05) is 13.7 Å². The molecule has 142 valence electrons. The Morgan fingerprint density at radius 1 is 1.32 bits per heavy atom. The highest BCUT2D eigenvalue weighted by atomic mass is 79.9. The monoisotopic (exact) mass is 411 g/mol. The first kappa shape index (κ1) is 24.0. The van der Waals surface area contributed by atoms with Gasteiger partial charge in [0.2, 0.25) is 0 Å². The summed E-state index contributed by atoms with van der Waals surface area (Å²) in [4.78, 5) is 4.60. The number of hydrogen-bond donors (Lipinski definition) is 1. The molecule has 0 aliphatic carbocycles. The molecule has 0 aromatic carbocycles. The molecule has 0 radical (unpaired) electrons. The van der Waals surface area contributed by atoms with Crippen LogP contribution in [0.1, 0.15) is 66.7 Å². The molecule has 1 N–H and O–H groups in total. The average molecular weight is 412 g/mol. The number of hydrogen-bond acceptors (Lipinski definition) is 4. The Bertz CT molecular complexity index is 522. The molecular weight excluding hydrogens is 378 g/mol. The van der Waals surface area contributed by atoms with E-state index in [0.29, 0.717) is 13.0 Å². The maximum absolute atomic E-state index is 9.97. The van der Waals surface area contributed by atoms with Crippen LogP contribution in [0, 0.1) is 16.7 Å². The topological polar surface area (TPSA) is 57.4 Å².